The third-order valence-corrected chi connectivity index (χ3v) is 5.61. The minimum Gasteiger partial charge on any atom is -0.338 e. The third-order valence-electron chi connectivity index (χ3n) is 5.61. The molecule has 0 saturated carbocycles. The Morgan fingerprint density at radius 2 is 2.07 bits per heavy atom. The summed E-state index contributed by atoms with van der Waals surface area (Å²) in [7, 11) is 1.92. The molecule has 27 heavy (non-hydrogen) atoms. The van der Waals surface area contributed by atoms with Crippen LogP contribution in [-0.2, 0) is 13.5 Å². The molecule has 1 unspecified atom stereocenters. The van der Waals surface area contributed by atoms with Gasteiger partial charge in [0.15, 0.2) is 0 Å². The van der Waals surface area contributed by atoms with Crippen molar-refractivity contribution < 1.29 is 4.79 Å². The molecular formula is C23H27N3O. The van der Waals surface area contributed by atoms with E-state index in [1.54, 1.807) is 6.20 Å². The number of allylic oxidation sites excluding steroid dienone is 4. The first-order valence-corrected chi connectivity index (χ1v) is 9.94. The predicted molar refractivity (Wildman–Crippen MR) is 108 cm³/mol. The summed E-state index contributed by atoms with van der Waals surface area (Å²) in [6.45, 7) is 1.67. The molecule has 1 amide bonds. The highest BCUT2D eigenvalue weighted by atomic mass is 16.2. The first kappa shape index (κ1) is 17.8. The number of rotatable bonds is 4. The molecule has 2 heterocycles. The van der Waals surface area contributed by atoms with Crippen molar-refractivity contribution in [3.8, 4) is 0 Å². The highest BCUT2D eigenvalue weighted by Gasteiger charge is 2.28. The lowest BCUT2D eigenvalue weighted by molar-refractivity contribution is 0.0673. The molecule has 140 valence electrons. The second-order valence-electron chi connectivity index (χ2n) is 7.62. The van der Waals surface area contributed by atoms with E-state index < -0.39 is 0 Å². The van der Waals surface area contributed by atoms with Gasteiger partial charge in [0.05, 0.1) is 17.5 Å². The van der Waals surface area contributed by atoms with Crippen molar-refractivity contribution in [3.05, 3.63) is 71.6 Å². The zero-order valence-corrected chi connectivity index (χ0v) is 16.0. The van der Waals surface area contributed by atoms with Crippen LogP contribution in [0.2, 0.25) is 0 Å². The van der Waals surface area contributed by atoms with Gasteiger partial charge < -0.3 is 4.90 Å². The summed E-state index contributed by atoms with van der Waals surface area (Å²) >= 11 is 0. The number of hydrogen-bond acceptors (Lipinski definition) is 2. The quantitative estimate of drug-likeness (QED) is 0.816. The van der Waals surface area contributed by atoms with Crippen molar-refractivity contribution in [2.45, 2.75) is 32.1 Å². The number of piperidine rings is 1. The first-order chi connectivity index (χ1) is 13.2. The van der Waals surface area contributed by atoms with Gasteiger partial charge in [-0.1, -0.05) is 48.6 Å². The number of aryl methyl sites for hydroxylation is 1. The molecule has 0 spiro atoms. The molecule has 1 aliphatic carbocycles. The van der Waals surface area contributed by atoms with Gasteiger partial charge in [-0.2, -0.15) is 5.10 Å². The number of nitrogens with zero attached hydrogens (tertiary/aromatic N) is 3. The molecule has 1 saturated heterocycles. The minimum atomic E-state index is 0.121. The average molecular weight is 361 g/mol. The molecule has 2 aromatic rings. The van der Waals surface area contributed by atoms with Crippen molar-refractivity contribution in [2.24, 2.45) is 13.0 Å². The maximum absolute atomic E-state index is 13.3. The summed E-state index contributed by atoms with van der Waals surface area (Å²) in [5.41, 5.74) is 4.15. The summed E-state index contributed by atoms with van der Waals surface area (Å²) in [6.07, 6.45) is 13.6. The SMILES string of the molecule is Cn1ncc(C(=O)N2CCCC(Cc3ccccc3)C2)c1C1=CCCC=C1. The lowest BCUT2D eigenvalue weighted by Gasteiger charge is -2.33. The van der Waals surface area contributed by atoms with Gasteiger partial charge in [0.2, 0.25) is 0 Å². The smallest absolute Gasteiger partial charge is 0.257 e. The second kappa shape index (κ2) is 7.95. The Morgan fingerprint density at radius 1 is 1.22 bits per heavy atom. The molecule has 0 bridgehead atoms. The Balaban J connectivity index is 1.51. The maximum Gasteiger partial charge on any atom is 0.257 e. The number of aromatic nitrogens is 2. The van der Waals surface area contributed by atoms with Crippen LogP contribution in [0.3, 0.4) is 0 Å². The van der Waals surface area contributed by atoms with E-state index in [2.05, 4.69) is 53.7 Å². The summed E-state index contributed by atoms with van der Waals surface area (Å²) in [5.74, 6) is 0.648. The van der Waals surface area contributed by atoms with Gasteiger partial charge >= 0.3 is 0 Å². The number of likely N-dealkylation sites (tertiary alicyclic amines) is 1. The number of carbonyl (C=O) groups is 1. The lowest BCUT2D eigenvalue weighted by Crippen LogP contribution is -2.40. The zero-order valence-electron chi connectivity index (χ0n) is 16.0. The number of benzene rings is 1. The fraction of sp³-hybridized carbons (Fsp3) is 0.391. The molecule has 4 nitrogen and oxygen atoms in total. The van der Waals surface area contributed by atoms with Crippen molar-refractivity contribution in [1.82, 2.24) is 14.7 Å². The summed E-state index contributed by atoms with van der Waals surface area (Å²) in [5, 5.41) is 4.39. The Kier molecular flexibility index (Phi) is 5.23. The third kappa shape index (κ3) is 3.90. The molecule has 1 aliphatic heterocycles. The van der Waals surface area contributed by atoms with Gasteiger partial charge in [-0.15, -0.1) is 0 Å². The van der Waals surface area contributed by atoms with Crippen LogP contribution in [0.1, 0.15) is 47.3 Å². The highest BCUT2D eigenvalue weighted by Crippen LogP contribution is 2.27. The first-order valence-electron chi connectivity index (χ1n) is 9.94. The van der Waals surface area contributed by atoms with Gasteiger partial charge in [-0.05, 0) is 49.2 Å². The number of hydrogen-bond donors (Lipinski definition) is 0. The van der Waals surface area contributed by atoms with E-state index in [1.807, 2.05) is 16.6 Å². The van der Waals surface area contributed by atoms with Crippen LogP contribution in [0, 0.1) is 5.92 Å². The minimum absolute atomic E-state index is 0.121. The van der Waals surface area contributed by atoms with Crippen LogP contribution in [0.4, 0.5) is 0 Å². The van der Waals surface area contributed by atoms with E-state index >= 15 is 0 Å². The van der Waals surface area contributed by atoms with E-state index in [0.717, 1.165) is 55.6 Å². The second-order valence-corrected chi connectivity index (χ2v) is 7.62. The van der Waals surface area contributed by atoms with Gasteiger partial charge in [0, 0.05) is 20.1 Å². The van der Waals surface area contributed by atoms with Crippen LogP contribution in [0.15, 0.2) is 54.8 Å². The topological polar surface area (TPSA) is 38.1 Å². The van der Waals surface area contributed by atoms with Crippen LogP contribution in [-0.4, -0.2) is 33.7 Å². The molecular weight excluding hydrogens is 334 g/mol. The molecule has 2 aliphatic rings. The maximum atomic E-state index is 13.3. The summed E-state index contributed by atoms with van der Waals surface area (Å²) < 4.78 is 1.83. The Labute approximate surface area is 161 Å². The van der Waals surface area contributed by atoms with Crippen molar-refractivity contribution >= 4 is 11.5 Å². The summed E-state index contributed by atoms with van der Waals surface area (Å²) in [6, 6.07) is 10.6. The largest absolute Gasteiger partial charge is 0.338 e. The van der Waals surface area contributed by atoms with Crippen LogP contribution >= 0.6 is 0 Å². The fourth-order valence-corrected chi connectivity index (χ4v) is 4.26. The predicted octanol–water partition coefficient (Wildman–Crippen LogP) is 4.25. The van der Waals surface area contributed by atoms with Crippen molar-refractivity contribution in [1.29, 1.82) is 0 Å². The van der Waals surface area contributed by atoms with Crippen LogP contribution < -0.4 is 0 Å². The van der Waals surface area contributed by atoms with E-state index in [0.29, 0.717) is 5.92 Å². The van der Waals surface area contributed by atoms with Gasteiger partial charge in [0.1, 0.15) is 0 Å². The molecule has 1 atom stereocenters. The number of amides is 1. The summed E-state index contributed by atoms with van der Waals surface area (Å²) in [4.78, 5) is 15.3. The average Bonchev–Trinajstić information content (AvgIpc) is 3.10. The normalized spacial score (nSPS) is 19.8. The van der Waals surface area contributed by atoms with E-state index in [-0.39, 0.29) is 5.91 Å². The highest BCUT2D eigenvalue weighted by molar-refractivity contribution is 5.99. The van der Waals surface area contributed by atoms with Gasteiger partial charge in [-0.25, -0.2) is 0 Å². The fourth-order valence-electron chi connectivity index (χ4n) is 4.26. The van der Waals surface area contributed by atoms with Gasteiger partial charge in [-0.3, -0.25) is 9.48 Å². The van der Waals surface area contributed by atoms with E-state index in [4.69, 9.17) is 0 Å². The lowest BCUT2D eigenvalue weighted by atomic mass is 9.91. The molecule has 0 radical (unpaired) electrons. The Hall–Kier alpha value is -2.62. The standard InChI is InChI=1S/C23H27N3O/c1-25-22(20-12-6-3-7-13-20)21(16-24-25)23(27)26-14-8-11-19(17-26)15-18-9-4-2-5-10-18/h2,4-6,9-10,12-13,16,19H,3,7-8,11,14-15,17H2,1H3. The van der Waals surface area contributed by atoms with Crippen molar-refractivity contribution in [3.63, 3.8) is 0 Å². The van der Waals surface area contributed by atoms with Crippen molar-refractivity contribution in [2.75, 3.05) is 13.1 Å². The monoisotopic (exact) mass is 361 g/mol. The molecule has 4 rings (SSSR count). The molecule has 1 aromatic heterocycles. The molecule has 0 N–H and O–H groups in total. The van der Waals surface area contributed by atoms with Crippen LogP contribution in [0.5, 0.6) is 0 Å². The number of carbonyl (C=O) groups excluding carboxylic acids is 1. The zero-order chi connectivity index (χ0) is 18.6. The van der Waals surface area contributed by atoms with Gasteiger partial charge in [0.25, 0.3) is 5.91 Å². The van der Waals surface area contributed by atoms with Crippen LogP contribution in [0.25, 0.3) is 5.57 Å². The van der Waals surface area contributed by atoms with E-state index in [9.17, 15) is 4.79 Å². The Bertz CT molecular complexity index is 863. The molecule has 1 fully saturated rings. The molecule has 4 heteroatoms. The molecule has 1 aromatic carbocycles. The van der Waals surface area contributed by atoms with E-state index in [1.165, 1.54) is 12.0 Å². The Morgan fingerprint density at radius 3 is 2.85 bits per heavy atom.